The minimum Gasteiger partial charge on any atom is -0.363 e. The molecule has 0 saturated carbocycles. The second kappa shape index (κ2) is 4.01. The highest BCUT2D eigenvalue weighted by atomic mass is 15.1. The second-order valence-corrected chi connectivity index (χ2v) is 4.18. The Bertz CT molecular complexity index is 394. The molecule has 15 heavy (non-hydrogen) atoms. The Hall–Kier alpha value is -1.38. The average molecular weight is 203 g/mol. The molecule has 0 atom stereocenters. The molecule has 0 bridgehead atoms. The zero-order valence-corrected chi connectivity index (χ0v) is 9.62. The summed E-state index contributed by atoms with van der Waals surface area (Å²) in [6, 6.07) is 2.12. The number of aliphatic imine (C=N–C) groups is 1. The van der Waals surface area contributed by atoms with Crippen LogP contribution in [0.15, 0.2) is 17.3 Å². The van der Waals surface area contributed by atoms with Gasteiger partial charge in [-0.3, -0.25) is 4.99 Å². The molecule has 0 spiro atoms. The smallest absolute Gasteiger partial charge is 0.128 e. The van der Waals surface area contributed by atoms with Crippen LogP contribution < -0.4 is 4.90 Å². The van der Waals surface area contributed by atoms with E-state index in [0.29, 0.717) is 0 Å². The van der Waals surface area contributed by atoms with Gasteiger partial charge in [-0.1, -0.05) is 0 Å². The summed E-state index contributed by atoms with van der Waals surface area (Å²) in [6.07, 6.45) is 4.24. The maximum Gasteiger partial charge on any atom is 0.128 e. The summed E-state index contributed by atoms with van der Waals surface area (Å²) in [4.78, 5) is 11.0. The van der Waals surface area contributed by atoms with Gasteiger partial charge in [0.2, 0.25) is 0 Å². The summed E-state index contributed by atoms with van der Waals surface area (Å²) in [5.74, 6) is 1.01. The normalized spacial score (nSPS) is 15.3. The zero-order chi connectivity index (χ0) is 10.8. The number of hydrogen-bond donors (Lipinski definition) is 0. The predicted molar refractivity (Wildman–Crippen MR) is 63.9 cm³/mol. The average Bonchev–Trinajstić information content (AvgIpc) is 2.70. The zero-order valence-electron chi connectivity index (χ0n) is 9.62. The predicted octanol–water partition coefficient (Wildman–Crippen LogP) is 2.04. The monoisotopic (exact) mass is 203 g/mol. The fraction of sp³-hybridized carbons (Fsp3) is 0.500. The maximum atomic E-state index is 4.50. The van der Waals surface area contributed by atoms with Crippen LogP contribution in [0.3, 0.4) is 0 Å². The van der Waals surface area contributed by atoms with Gasteiger partial charge < -0.3 is 4.90 Å². The van der Waals surface area contributed by atoms with E-state index in [1.807, 2.05) is 25.2 Å². The summed E-state index contributed by atoms with van der Waals surface area (Å²) in [7, 11) is 4.02. The van der Waals surface area contributed by atoms with Gasteiger partial charge in [0.05, 0.1) is 0 Å². The molecule has 0 aliphatic carbocycles. The van der Waals surface area contributed by atoms with E-state index in [4.69, 9.17) is 0 Å². The van der Waals surface area contributed by atoms with Crippen molar-refractivity contribution in [2.45, 2.75) is 19.8 Å². The fourth-order valence-electron chi connectivity index (χ4n) is 1.85. The molecule has 1 aromatic heterocycles. The van der Waals surface area contributed by atoms with Crippen LogP contribution in [0.2, 0.25) is 0 Å². The van der Waals surface area contributed by atoms with E-state index < -0.39 is 0 Å². The van der Waals surface area contributed by atoms with E-state index in [2.05, 4.69) is 23.0 Å². The van der Waals surface area contributed by atoms with Gasteiger partial charge in [0.1, 0.15) is 5.82 Å². The van der Waals surface area contributed by atoms with Crippen LogP contribution in [-0.2, 0) is 0 Å². The molecule has 3 nitrogen and oxygen atoms in total. The Balaban J connectivity index is 2.34. The van der Waals surface area contributed by atoms with Crippen molar-refractivity contribution in [1.82, 2.24) is 4.98 Å². The summed E-state index contributed by atoms with van der Waals surface area (Å²) >= 11 is 0. The van der Waals surface area contributed by atoms with Crippen LogP contribution in [0, 0.1) is 6.92 Å². The van der Waals surface area contributed by atoms with Gasteiger partial charge in [0.15, 0.2) is 0 Å². The van der Waals surface area contributed by atoms with E-state index in [0.717, 1.165) is 18.8 Å². The molecule has 1 aliphatic heterocycles. The van der Waals surface area contributed by atoms with E-state index in [1.165, 1.54) is 23.3 Å². The van der Waals surface area contributed by atoms with Crippen molar-refractivity contribution >= 4 is 11.5 Å². The molecule has 2 rings (SSSR count). The van der Waals surface area contributed by atoms with E-state index in [-0.39, 0.29) is 0 Å². The molecule has 1 aromatic rings. The van der Waals surface area contributed by atoms with Crippen molar-refractivity contribution < 1.29 is 0 Å². The van der Waals surface area contributed by atoms with Gasteiger partial charge in [-0.2, -0.15) is 0 Å². The standard InChI is InChI=1S/C12H17N3/c1-9-7-12(15(2)3)14-8-10(9)11-5-4-6-13-11/h7-8H,4-6H2,1-3H3. The van der Waals surface area contributed by atoms with Crippen LogP contribution in [0.25, 0.3) is 0 Å². The molecule has 0 unspecified atom stereocenters. The van der Waals surface area contributed by atoms with Gasteiger partial charge in [0.25, 0.3) is 0 Å². The van der Waals surface area contributed by atoms with Crippen LogP contribution in [0.4, 0.5) is 5.82 Å². The van der Waals surface area contributed by atoms with Gasteiger partial charge >= 0.3 is 0 Å². The quantitative estimate of drug-likeness (QED) is 0.736. The number of aryl methyl sites for hydroxylation is 1. The van der Waals surface area contributed by atoms with Gasteiger partial charge in [-0.15, -0.1) is 0 Å². The summed E-state index contributed by atoms with van der Waals surface area (Å²) in [5, 5.41) is 0. The van der Waals surface area contributed by atoms with Crippen molar-refractivity contribution in [2.75, 3.05) is 25.5 Å². The first-order chi connectivity index (χ1) is 7.18. The van der Waals surface area contributed by atoms with E-state index >= 15 is 0 Å². The molecule has 0 radical (unpaired) electrons. The Morgan fingerprint density at radius 3 is 2.67 bits per heavy atom. The van der Waals surface area contributed by atoms with Crippen LogP contribution in [0.5, 0.6) is 0 Å². The Kier molecular flexibility index (Phi) is 2.71. The summed E-state index contributed by atoms with van der Waals surface area (Å²) < 4.78 is 0. The number of anilines is 1. The molecule has 0 amide bonds. The highest BCUT2D eigenvalue weighted by molar-refractivity contribution is 6.02. The molecular formula is C12H17N3. The van der Waals surface area contributed by atoms with Gasteiger partial charge in [0, 0.05) is 38.1 Å². The van der Waals surface area contributed by atoms with Crippen LogP contribution >= 0.6 is 0 Å². The molecule has 0 N–H and O–H groups in total. The topological polar surface area (TPSA) is 28.5 Å². The number of aromatic nitrogens is 1. The first-order valence-electron chi connectivity index (χ1n) is 5.36. The molecule has 0 fully saturated rings. The van der Waals surface area contributed by atoms with E-state index in [1.54, 1.807) is 0 Å². The largest absolute Gasteiger partial charge is 0.363 e. The first-order valence-corrected chi connectivity index (χ1v) is 5.36. The van der Waals surface area contributed by atoms with Crippen molar-refractivity contribution in [3.63, 3.8) is 0 Å². The number of rotatable bonds is 2. The molecule has 0 aromatic carbocycles. The highest BCUT2D eigenvalue weighted by Crippen LogP contribution is 2.19. The lowest BCUT2D eigenvalue weighted by atomic mass is 10.0. The fourth-order valence-corrected chi connectivity index (χ4v) is 1.85. The minimum absolute atomic E-state index is 0.976. The summed E-state index contributed by atoms with van der Waals surface area (Å²) in [6.45, 7) is 3.11. The number of pyridine rings is 1. The van der Waals surface area contributed by atoms with Gasteiger partial charge in [-0.25, -0.2) is 4.98 Å². The lowest BCUT2D eigenvalue weighted by molar-refractivity contribution is 0.951. The highest BCUT2D eigenvalue weighted by Gasteiger charge is 2.12. The molecule has 0 saturated heterocycles. The van der Waals surface area contributed by atoms with Crippen LogP contribution in [0.1, 0.15) is 24.0 Å². The second-order valence-electron chi connectivity index (χ2n) is 4.18. The van der Waals surface area contributed by atoms with Crippen molar-refractivity contribution in [3.05, 3.63) is 23.4 Å². The maximum absolute atomic E-state index is 4.50. The van der Waals surface area contributed by atoms with Crippen molar-refractivity contribution in [2.24, 2.45) is 4.99 Å². The number of hydrogen-bond acceptors (Lipinski definition) is 3. The SMILES string of the molecule is Cc1cc(N(C)C)ncc1C1=NCCC1. The Labute approximate surface area is 90.9 Å². The third kappa shape index (κ3) is 2.01. The molecular weight excluding hydrogens is 186 g/mol. The van der Waals surface area contributed by atoms with E-state index in [9.17, 15) is 0 Å². The molecule has 1 aliphatic rings. The lowest BCUT2D eigenvalue weighted by Crippen LogP contribution is -2.12. The minimum atomic E-state index is 0.976. The molecule has 80 valence electrons. The van der Waals surface area contributed by atoms with Crippen molar-refractivity contribution in [3.8, 4) is 0 Å². The summed E-state index contributed by atoms with van der Waals surface area (Å²) in [5.41, 5.74) is 3.72. The lowest BCUT2D eigenvalue weighted by Gasteiger charge is -2.13. The Morgan fingerprint density at radius 2 is 2.13 bits per heavy atom. The van der Waals surface area contributed by atoms with Gasteiger partial charge in [-0.05, 0) is 31.4 Å². The van der Waals surface area contributed by atoms with Crippen molar-refractivity contribution in [1.29, 1.82) is 0 Å². The third-order valence-corrected chi connectivity index (χ3v) is 2.74. The number of nitrogens with zero attached hydrogens (tertiary/aromatic N) is 3. The molecule has 3 heteroatoms. The Morgan fingerprint density at radius 1 is 1.33 bits per heavy atom. The third-order valence-electron chi connectivity index (χ3n) is 2.74. The first kappa shape index (κ1) is 10.1. The van der Waals surface area contributed by atoms with Crippen LogP contribution in [-0.4, -0.2) is 31.3 Å². The molecule has 2 heterocycles.